The van der Waals surface area contributed by atoms with Crippen molar-refractivity contribution in [2.75, 3.05) is 19.8 Å². The normalized spacial score (nSPS) is 15.3. The lowest BCUT2D eigenvalue weighted by Crippen LogP contribution is -2.34. The molecule has 2 amide bonds. The zero-order chi connectivity index (χ0) is 19.3. The van der Waals surface area contributed by atoms with E-state index in [1.165, 1.54) is 18.2 Å². The van der Waals surface area contributed by atoms with Gasteiger partial charge in [0.2, 0.25) is 0 Å². The fourth-order valence-corrected chi connectivity index (χ4v) is 3.49. The smallest absolute Gasteiger partial charge is 0.326 e. The van der Waals surface area contributed by atoms with Crippen LogP contribution in [0.15, 0.2) is 17.0 Å². The molecule has 0 unspecified atom stereocenters. The standard InChI is InChI=1S/C17H13Cl2NO5S/c1-3-5-25-15-11(18)6-10(7-12(15)19)8-13-16(22)20(17(23)26-13)9-14(21)24-4-2/h1,6-8H,4-5,9H2,2H3/b13-8+. The van der Waals surface area contributed by atoms with Gasteiger partial charge in [-0.15, -0.1) is 6.42 Å². The third-order valence-electron chi connectivity index (χ3n) is 3.08. The molecule has 1 aliphatic heterocycles. The van der Waals surface area contributed by atoms with Gasteiger partial charge in [-0.2, -0.15) is 0 Å². The van der Waals surface area contributed by atoms with Crippen LogP contribution >= 0.6 is 35.0 Å². The summed E-state index contributed by atoms with van der Waals surface area (Å²) in [5, 5.41) is -0.130. The van der Waals surface area contributed by atoms with E-state index in [0.29, 0.717) is 17.3 Å². The first-order valence-corrected chi connectivity index (χ1v) is 8.90. The second kappa shape index (κ2) is 8.99. The first kappa shape index (κ1) is 20.2. The number of terminal acetylenes is 1. The van der Waals surface area contributed by atoms with Gasteiger partial charge in [0.15, 0.2) is 5.75 Å². The molecule has 0 saturated carbocycles. The van der Waals surface area contributed by atoms with Crippen molar-refractivity contribution in [2.24, 2.45) is 0 Å². The van der Waals surface area contributed by atoms with E-state index in [1.807, 2.05) is 0 Å². The summed E-state index contributed by atoms with van der Waals surface area (Å²) in [6.45, 7) is 1.37. The summed E-state index contributed by atoms with van der Waals surface area (Å²) in [4.78, 5) is 36.8. The summed E-state index contributed by atoms with van der Waals surface area (Å²) in [5.41, 5.74) is 0.495. The average molecular weight is 414 g/mol. The summed E-state index contributed by atoms with van der Waals surface area (Å²) in [5.74, 6) is 1.29. The highest BCUT2D eigenvalue weighted by atomic mass is 35.5. The molecule has 0 N–H and O–H groups in total. The molecule has 9 heteroatoms. The fraction of sp³-hybridized carbons (Fsp3) is 0.235. The second-order valence-electron chi connectivity index (χ2n) is 4.88. The highest BCUT2D eigenvalue weighted by Crippen LogP contribution is 2.37. The van der Waals surface area contributed by atoms with Gasteiger partial charge in [0.25, 0.3) is 11.1 Å². The number of hydrogen-bond acceptors (Lipinski definition) is 6. The number of carbonyl (C=O) groups is 3. The number of esters is 1. The van der Waals surface area contributed by atoms with Gasteiger partial charge in [-0.25, -0.2) is 0 Å². The van der Waals surface area contributed by atoms with Gasteiger partial charge in [0.05, 0.1) is 21.6 Å². The van der Waals surface area contributed by atoms with E-state index in [4.69, 9.17) is 39.1 Å². The maximum Gasteiger partial charge on any atom is 0.326 e. The van der Waals surface area contributed by atoms with Crippen molar-refractivity contribution in [2.45, 2.75) is 6.92 Å². The van der Waals surface area contributed by atoms with Gasteiger partial charge in [-0.05, 0) is 42.5 Å². The van der Waals surface area contributed by atoms with E-state index in [1.54, 1.807) is 6.92 Å². The average Bonchev–Trinajstić information content (AvgIpc) is 2.82. The summed E-state index contributed by atoms with van der Waals surface area (Å²) in [6.07, 6.45) is 6.59. The Balaban J connectivity index is 2.22. The van der Waals surface area contributed by atoms with E-state index in [9.17, 15) is 14.4 Å². The van der Waals surface area contributed by atoms with Crippen molar-refractivity contribution in [1.29, 1.82) is 0 Å². The van der Waals surface area contributed by atoms with Crippen LogP contribution in [0.5, 0.6) is 5.75 Å². The van der Waals surface area contributed by atoms with Gasteiger partial charge in [0.1, 0.15) is 13.2 Å². The number of hydrogen-bond donors (Lipinski definition) is 0. The van der Waals surface area contributed by atoms with Gasteiger partial charge in [0, 0.05) is 0 Å². The minimum atomic E-state index is -0.655. The molecular weight excluding hydrogens is 401 g/mol. The minimum absolute atomic E-state index is 0.00549. The van der Waals surface area contributed by atoms with Crippen LogP contribution in [-0.2, 0) is 14.3 Å². The number of amides is 2. The van der Waals surface area contributed by atoms with Gasteiger partial charge in [-0.1, -0.05) is 29.1 Å². The zero-order valence-electron chi connectivity index (χ0n) is 13.6. The Labute approximate surface area is 164 Å². The van der Waals surface area contributed by atoms with Gasteiger partial charge in [-0.3, -0.25) is 19.3 Å². The molecule has 1 aromatic rings. The van der Waals surface area contributed by atoms with Crippen molar-refractivity contribution in [3.63, 3.8) is 0 Å². The van der Waals surface area contributed by atoms with E-state index < -0.39 is 23.7 Å². The molecule has 1 aliphatic rings. The van der Waals surface area contributed by atoms with Crippen LogP contribution in [0.1, 0.15) is 12.5 Å². The molecule has 0 bridgehead atoms. The maximum absolute atomic E-state index is 12.3. The molecular formula is C17H13Cl2NO5S. The molecule has 0 aliphatic carbocycles. The van der Waals surface area contributed by atoms with Crippen molar-refractivity contribution in [1.82, 2.24) is 4.90 Å². The van der Waals surface area contributed by atoms with Crippen molar-refractivity contribution >= 4 is 58.2 Å². The number of ether oxygens (including phenoxy) is 2. The molecule has 2 rings (SSSR count). The molecule has 0 radical (unpaired) electrons. The molecule has 26 heavy (non-hydrogen) atoms. The van der Waals surface area contributed by atoms with Crippen LogP contribution in [-0.4, -0.2) is 41.8 Å². The van der Waals surface area contributed by atoms with Gasteiger partial charge < -0.3 is 9.47 Å². The number of benzene rings is 1. The first-order chi connectivity index (χ1) is 12.4. The van der Waals surface area contributed by atoms with Crippen LogP contribution in [0.3, 0.4) is 0 Å². The summed E-state index contributed by atoms with van der Waals surface area (Å²) < 4.78 is 10.0. The molecule has 1 aromatic carbocycles. The molecule has 1 fully saturated rings. The Morgan fingerprint density at radius 3 is 2.58 bits per heavy atom. The Bertz CT molecular complexity index is 808. The monoisotopic (exact) mass is 413 g/mol. The molecule has 1 heterocycles. The Kier molecular flexibility index (Phi) is 6.98. The third kappa shape index (κ3) is 4.73. The van der Waals surface area contributed by atoms with Gasteiger partial charge >= 0.3 is 5.97 Å². The van der Waals surface area contributed by atoms with Crippen molar-refractivity contribution in [3.05, 3.63) is 32.6 Å². The third-order valence-corrected chi connectivity index (χ3v) is 4.55. The first-order valence-electron chi connectivity index (χ1n) is 7.33. The summed E-state index contributed by atoms with van der Waals surface area (Å²) >= 11 is 12.9. The quantitative estimate of drug-likeness (QED) is 0.402. The highest BCUT2D eigenvalue weighted by Gasteiger charge is 2.36. The van der Waals surface area contributed by atoms with Crippen LogP contribution < -0.4 is 4.74 Å². The Morgan fingerprint density at radius 2 is 2.00 bits per heavy atom. The second-order valence-corrected chi connectivity index (χ2v) is 6.69. The molecule has 0 spiro atoms. The molecule has 0 atom stereocenters. The summed E-state index contributed by atoms with van der Waals surface area (Å²) in [6, 6.07) is 3.05. The highest BCUT2D eigenvalue weighted by molar-refractivity contribution is 8.18. The number of nitrogens with zero attached hydrogens (tertiary/aromatic N) is 1. The van der Waals surface area contributed by atoms with Crippen LogP contribution in [0.4, 0.5) is 4.79 Å². The zero-order valence-corrected chi connectivity index (χ0v) is 15.9. The number of imide groups is 1. The van der Waals surface area contributed by atoms with E-state index in [2.05, 4.69) is 5.92 Å². The lowest BCUT2D eigenvalue weighted by atomic mass is 10.2. The fourth-order valence-electron chi connectivity index (χ4n) is 2.04. The number of thioether (sulfide) groups is 1. The van der Waals surface area contributed by atoms with Crippen LogP contribution in [0.2, 0.25) is 10.0 Å². The van der Waals surface area contributed by atoms with E-state index >= 15 is 0 Å². The molecule has 1 saturated heterocycles. The number of carbonyl (C=O) groups excluding carboxylic acids is 3. The number of rotatable bonds is 6. The topological polar surface area (TPSA) is 72.9 Å². The Morgan fingerprint density at radius 1 is 1.35 bits per heavy atom. The van der Waals surface area contributed by atoms with Crippen LogP contribution in [0, 0.1) is 12.3 Å². The maximum atomic E-state index is 12.3. The Hall–Kier alpha value is -2.14. The number of halogens is 2. The minimum Gasteiger partial charge on any atom is -0.478 e. The van der Waals surface area contributed by atoms with Crippen molar-refractivity contribution < 1.29 is 23.9 Å². The largest absolute Gasteiger partial charge is 0.478 e. The predicted octanol–water partition coefficient (Wildman–Crippen LogP) is 3.60. The molecule has 6 nitrogen and oxygen atoms in total. The predicted molar refractivity (Wildman–Crippen MR) is 100 cm³/mol. The lowest BCUT2D eigenvalue weighted by Gasteiger charge is -2.11. The van der Waals surface area contributed by atoms with E-state index in [0.717, 1.165) is 4.90 Å². The summed E-state index contributed by atoms with van der Waals surface area (Å²) in [7, 11) is 0. The molecule has 136 valence electrons. The molecule has 0 aromatic heterocycles. The lowest BCUT2D eigenvalue weighted by molar-refractivity contribution is -0.145. The van der Waals surface area contributed by atoms with Crippen LogP contribution in [0.25, 0.3) is 6.08 Å². The SMILES string of the molecule is C#CCOc1c(Cl)cc(/C=C2/SC(=O)N(CC(=O)OCC)C2=O)cc1Cl. The van der Waals surface area contributed by atoms with E-state index in [-0.39, 0.29) is 33.9 Å². The van der Waals surface area contributed by atoms with Crippen molar-refractivity contribution in [3.8, 4) is 18.1 Å².